The third-order valence-electron chi connectivity index (χ3n) is 3.47. The summed E-state index contributed by atoms with van der Waals surface area (Å²) in [5.74, 6) is 0. The minimum Gasteiger partial charge on any atom is -0.378 e. The predicted octanol–water partition coefficient (Wildman–Crippen LogP) is 2.58. The third kappa shape index (κ3) is 3.47. The largest absolute Gasteiger partial charge is 0.378 e. The van der Waals surface area contributed by atoms with Crippen molar-refractivity contribution in [3.63, 3.8) is 0 Å². The number of hydrogen-bond donors (Lipinski definition) is 1. The van der Waals surface area contributed by atoms with Gasteiger partial charge in [0.1, 0.15) is 0 Å². The van der Waals surface area contributed by atoms with Crippen LogP contribution in [0.1, 0.15) is 31.9 Å². The van der Waals surface area contributed by atoms with E-state index in [4.69, 9.17) is 4.74 Å². The standard InChI is InChI=1S/C15H24N2O/c1-3-8-16-13(2)14-4-6-15(7-5-14)17-9-11-18-12-10-17/h4-7,13,16H,3,8-12H2,1-2H3. The monoisotopic (exact) mass is 248 g/mol. The van der Waals surface area contributed by atoms with Crippen LogP contribution in [-0.4, -0.2) is 32.8 Å². The summed E-state index contributed by atoms with van der Waals surface area (Å²) in [6, 6.07) is 9.36. The summed E-state index contributed by atoms with van der Waals surface area (Å²) in [5.41, 5.74) is 2.67. The van der Waals surface area contributed by atoms with Crippen molar-refractivity contribution in [1.29, 1.82) is 0 Å². The molecule has 1 saturated heterocycles. The number of benzene rings is 1. The Labute approximate surface area is 110 Å². The second kappa shape index (κ2) is 6.76. The van der Waals surface area contributed by atoms with Crippen molar-refractivity contribution < 1.29 is 4.74 Å². The molecule has 1 aliphatic rings. The van der Waals surface area contributed by atoms with Gasteiger partial charge in [0.15, 0.2) is 0 Å². The first-order valence-electron chi connectivity index (χ1n) is 6.97. The van der Waals surface area contributed by atoms with E-state index >= 15 is 0 Å². The molecule has 0 aromatic heterocycles. The summed E-state index contributed by atoms with van der Waals surface area (Å²) >= 11 is 0. The topological polar surface area (TPSA) is 24.5 Å². The number of rotatable bonds is 5. The van der Waals surface area contributed by atoms with Crippen LogP contribution in [0.3, 0.4) is 0 Å². The van der Waals surface area contributed by atoms with E-state index in [1.54, 1.807) is 0 Å². The van der Waals surface area contributed by atoms with Crippen LogP contribution in [0.2, 0.25) is 0 Å². The molecule has 3 heteroatoms. The Morgan fingerprint density at radius 2 is 1.89 bits per heavy atom. The van der Waals surface area contributed by atoms with E-state index in [9.17, 15) is 0 Å². The average molecular weight is 248 g/mol. The number of anilines is 1. The Balaban J connectivity index is 1.95. The van der Waals surface area contributed by atoms with Crippen molar-refractivity contribution in [3.05, 3.63) is 29.8 Å². The molecule has 3 nitrogen and oxygen atoms in total. The number of hydrogen-bond acceptors (Lipinski definition) is 3. The Hall–Kier alpha value is -1.06. The fraction of sp³-hybridized carbons (Fsp3) is 0.600. The Kier molecular flexibility index (Phi) is 5.02. The minimum absolute atomic E-state index is 0.434. The lowest BCUT2D eigenvalue weighted by molar-refractivity contribution is 0.122. The molecule has 0 saturated carbocycles. The van der Waals surface area contributed by atoms with Crippen LogP contribution in [0.5, 0.6) is 0 Å². The Bertz CT molecular complexity index is 344. The van der Waals surface area contributed by atoms with E-state index in [0.29, 0.717) is 6.04 Å². The quantitative estimate of drug-likeness (QED) is 0.867. The van der Waals surface area contributed by atoms with Gasteiger partial charge >= 0.3 is 0 Å². The van der Waals surface area contributed by atoms with Crippen molar-refractivity contribution in [2.75, 3.05) is 37.7 Å². The zero-order valence-electron chi connectivity index (χ0n) is 11.5. The number of ether oxygens (including phenoxy) is 1. The van der Waals surface area contributed by atoms with Gasteiger partial charge in [-0.2, -0.15) is 0 Å². The minimum atomic E-state index is 0.434. The molecule has 1 aromatic carbocycles. The van der Waals surface area contributed by atoms with Crippen LogP contribution in [0.4, 0.5) is 5.69 Å². The van der Waals surface area contributed by atoms with E-state index in [1.165, 1.54) is 17.7 Å². The zero-order chi connectivity index (χ0) is 12.8. The maximum absolute atomic E-state index is 5.38. The highest BCUT2D eigenvalue weighted by Crippen LogP contribution is 2.20. The maximum Gasteiger partial charge on any atom is 0.0642 e. The molecule has 0 bridgehead atoms. The zero-order valence-corrected chi connectivity index (χ0v) is 11.5. The average Bonchev–Trinajstić information content (AvgIpc) is 2.46. The van der Waals surface area contributed by atoms with Crippen LogP contribution in [0, 0.1) is 0 Å². The molecule has 1 heterocycles. The van der Waals surface area contributed by atoms with Crippen molar-refractivity contribution in [1.82, 2.24) is 5.32 Å². The summed E-state index contributed by atoms with van der Waals surface area (Å²) in [5, 5.41) is 3.51. The van der Waals surface area contributed by atoms with Gasteiger partial charge < -0.3 is 15.0 Å². The van der Waals surface area contributed by atoms with Gasteiger partial charge in [-0.05, 0) is 37.6 Å². The highest BCUT2D eigenvalue weighted by Gasteiger charge is 2.11. The molecule has 1 unspecified atom stereocenters. The van der Waals surface area contributed by atoms with E-state index < -0.39 is 0 Å². The molecule has 1 aromatic rings. The first kappa shape index (κ1) is 13.4. The van der Waals surface area contributed by atoms with Crippen LogP contribution < -0.4 is 10.2 Å². The summed E-state index contributed by atoms with van der Waals surface area (Å²) in [6.07, 6.45) is 1.18. The smallest absolute Gasteiger partial charge is 0.0642 e. The number of nitrogens with one attached hydrogen (secondary N) is 1. The Morgan fingerprint density at radius 1 is 1.22 bits per heavy atom. The summed E-state index contributed by atoms with van der Waals surface area (Å²) in [7, 11) is 0. The van der Waals surface area contributed by atoms with Gasteiger partial charge in [-0.3, -0.25) is 0 Å². The van der Waals surface area contributed by atoms with Crippen molar-refractivity contribution in [3.8, 4) is 0 Å². The molecule has 0 radical (unpaired) electrons. The van der Waals surface area contributed by atoms with Crippen LogP contribution in [0.15, 0.2) is 24.3 Å². The van der Waals surface area contributed by atoms with Crippen LogP contribution in [0.25, 0.3) is 0 Å². The van der Waals surface area contributed by atoms with E-state index in [1.807, 2.05) is 0 Å². The SMILES string of the molecule is CCCNC(C)c1ccc(N2CCOCC2)cc1. The van der Waals surface area contributed by atoms with Crippen LogP contribution in [-0.2, 0) is 4.74 Å². The number of morpholine rings is 1. The van der Waals surface area contributed by atoms with E-state index in [0.717, 1.165) is 32.8 Å². The van der Waals surface area contributed by atoms with Gasteiger partial charge in [0.25, 0.3) is 0 Å². The second-order valence-electron chi connectivity index (χ2n) is 4.87. The highest BCUT2D eigenvalue weighted by molar-refractivity contribution is 5.48. The fourth-order valence-electron chi connectivity index (χ4n) is 2.27. The fourth-order valence-corrected chi connectivity index (χ4v) is 2.27. The summed E-state index contributed by atoms with van der Waals surface area (Å²) in [4.78, 5) is 2.39. The van der Waals surface area contributed by atoms with Crippen molar-refractivity contribution in [2.45, 2.75) is 26.3 Å². The first-order chi connectivity index (χ1) is 8.81. The van der Waals surface area contributed by atoms with Gasteiger partial charge in [-0.15, -0.1) is 0 Å². The molecule has 100 valence electrons. The predicted molar refractivity (Wildman–Crippen MR) is 76.2 cm³/mol. The molecule has 18 heavy (non-hydrogen) atoms. The summed E-state index contributed by atoms with van der Waals surface area (Å²) in [6.45, 7) is 9.19. The molecule has 0 spiro atoms. The lowest BCUT2D eigenvalue weighted by atomic mass is 10.1. The van der Waals surface area contributed by atoms with Crippen molar-refractivity contribution >= 4 is 5.69 Å². The molecule has 0 aliphatic carbocycles. The van der Waals surface area contributed by atoms with Gasteiger partial charge in [-0.1, -0.05) is 19.1 Å². The van der Waals surface area contributed by atoms with Gasteiger partial charge in [0.05, 0.1) is 13.2 Å². The van der Waals surface area contributed by atoms with Crippen LogP contribution >= 0.6 is 0 Å². The van der Waals surface area contributed by atoms with E-state index in [-0.39, 0.29) is 0 Å². The lowest BCUT2D eigenvalue weighted by Gasteiger charge is -2.29. The second-order valence-corrected chi connectivity index (χ2v) is 4.87. The first-order valence-corrected chi connectivity index (χ1v) is 6.97. The normalized spacial score (nSPS) is 17.8. The molecule has 1 N–H and O–H groups in total. The van der Waals surface area contributed by atoms with Gasteiger partial charge in [0, 0.05) is 24.8 Å². The lowest BCUT2D eigenvalue weighted by Crippen LogP contribution is -2.36. The van der Waals surface area contributed by atoms with Gasteiger partial charge in [0.2, 0.25) is 0 Å². The Morgan fingerprint density at radius 3 is 2.50 bits per heavy atom. The number of nitrogens with zero attached hydrogens (tertiary/aromatic N) is 1. The van der Waals surface area contributed by atoms with Crippen molar-refractivity contribution in [2.24, 2.45) is 0 Å². The molecule has 2 rings (SSSR count). The molecular weight excluding hydrogens is 224 g/mol. The third-order valence-corrected chi connectivity index (χ3v) is 3.47. The van der Waals surface area contributed by atoms with E-state index in [2.05, 4.69) is 48.3 Å². The molecule has 1 aliphatic heterocycles. The molecule has 1 fully saturated rings. The maximum atomic E-state index is 5.38. The molecular formula is C15H24N2O. The molecule has 1 atom stereocenters. The summed E-state index contributed by atoms with van der Waals surface area (Å²) < 4.78 is 5.38. The van der Waals surface area contributed by atoms with Gasteiger partial charge in [-0.25, -0.2) is 0 Å². The molecule has 0 amide bonds. The highest BCUT2D eigenvalue weighted by atomic mass is 16.5.